The SMILES string of the molecule is COC(=O)[C@@H](N)CCCN=C(N)SC. The average Bonchev–Trinajstić information content (AvgIpc) is 2.22. The Morgan fingerprint density at radius 3 is 2.79 bits per heavy atom. The molecule has 0 aromatic heterocycles. The lowest BCUT2D eigenvalue weighted by Crippen LogP contribution is -2.31. The summed E-state index contributed by atoms with van der Waals surface area (Å²) in [6.45, 7) is 0.595. The predicted molar refractivity (Wildman–Crippen MR) is 59.2 cm³/mol. The molecule has 6 heteroatoms. The zero-order chi connectivity index (χ0) is 11.0. The van der Waals surface area contributed by atoms with Gasteiger partial charge in [0.2, 0.25) is 0 Å². The summed E-state index contributed by atoms with van der Waals surface area (Å²) in [6.07, 6.45) is 3.16. The summed E-state index contributed by atoms with van der Waals surface area (Å²) in [5, 5.41) is 0.552. The second-order valence-electron chi connectivity index (χ2n) is 2.70. The molecule has 0 aromatic carbocycles. The third-order valence-corrected chi connectivity index (χ3v) is 2.20. The van der Waals surface area contributed by atoms with Crippen LogP contribution in [0.4, 0.5) is 0 Å². The number of rotatable bonds is 5. The predicted octanol–water partition coefficient (Wildman–Crippen LogP) is -0.0554. The molecule has 0 fully saturated rings. The molecule has 0 saturated carbocycles. The Balaban J connectivity index is 3.59. The fourth-order valence-electron chi connectivity index (χ4n) is 0.834. The molecule has 82 valence electrons. The topological polar surface area (TPSA) is 90.7 Å². The summed E-state index contributed by atoms with van der Waals surface area (Å²) in [7, 11) is 1.33. The lowest BCUT2D eigenvalue weighted by Gasteiger charge is -2.07. The van der Waals surface area contributed by atoms with Crippen LogP contribution in [0.15, 0.2) is 4.99 Å². The number of nitrogens with two attached hydrogens (primary N) is 2. The quantitative estimate of drug-likeness (QED) is 0.293. The average molecular weight is 219 g/mol. The number of hydrogen-bond donors (Lipinski definition) is 2. The van der Waals surface area contributed by atoms with E-state index in [2.05, 4.69) is 9.73 Å². The first-order chi connectivity index (χ1) is 6.61. The van der Waals surface area contributed by atoms with Crippen LogP contribution in [0, 0.1) is 0 Å². The van der Waals surface area contributed by atoms with E-state index in [-0.39, 0.29) is 5.97 Å². The summed E-state index contributed by atoms with van der Waals surface area (Å²) < 4.78 is 4.48. The maximum absolute atomic E-state index is 10.9. The molecule has 0 spiro atoms. The van der Waals surface area contributed by atoms with Crippen LogP contribution in [0.5, 0.6) is 0 Å². The van der Waals surface area contributed by atoms with Crippen molar-refractivity contribution in [2.45, 2.75) is 18.9 Å². The van der Waals surface area contributed by atoms with E-state index >= 15 is 0 Å². The number of thioether (sulfide) groups is 1. The first-order valence-electron chi connectivity index (χ1n) is 4.29. The van der Waals surface area contributed by atoms with Gasteiger partial charge in [0.05, 0.1) is 7.11 Å². The van der Waals surface area contributed by atoms with Gasteiger partial charge in [0, 0.05) is 6.54 Å². The van der Waals surface area contributed by atoms with Crippen LogP contribution in [0.1, 0.15) is 12.8 Å². The molecule has 0 radical (unpaired) electrons. The minimum Gasteiger partial charge on any atom is -0.468 e. The molecule has 0 bridgehead atoms. The van der Waals surface area contributed by atoms with Crippen molar-refractivity contribution in [3.63, 3.8) is 0 Å². The number of ether oxygens (including phenoxy) is 1. The molecule has 0 unspecified atom stereocenters. The molecule has 5 nitrogen and oxygen atoms in total. The molecule has 4 N–H and O–H groups in total. The number of methoxy groups -OCH3 is 1. The van der Waals surface area contributed by atoms with Crippen molar-refractivity contribution in [2.75, 3.05) is 19.9 Å². The van der Waals surface area contributed by atoms with Gasteiger partial charge in [0.15, 0.2) is 5.17 Å². The van der Waals surface area contributed by atoms with Gasteiger partial charge in [-0.2, -0.15) is 0 Å². The van der Waals surface area contributed by atoms with Gasteiger partial charge >= 0.3 is 5.97 Å². The van der Waals surface area contributed by atoms with Gasteiger partial charge < -0.3 is 16.2 Å². The van der Waals surface area contributed by atoms with E-state index in [1.54, 1.807) is 0 Å². The molecule has 1 atom stereocenters. The molecule has 0 heterocycles. The monoisotopic (exact) mass is 219 g/mol. The standard InChI is InChI=1S/C8H17N3O2S/c1-13-7(12)6(9)4-3-5-11-8(10)14-2/h6H,3-5,9H2,1-2H3,(H2,10,11)/t6-/m0/s1. The Morgan fingerprint density at radius 1 is 1.64 bits per heavy atom. The number of carbonyl (C=O) groups excluding carboxylic acids is 1. The summed E-state index contributed by atoms with van der Waals surface area (Å²) in [4.78, 5) is 14.9. The number of nitrogens with zero attached hydrogens (tertiary/aromatic N) is 1. The minimum atomic E-state index is -0.550. The van der Waals surface area contributed by atoms with Crippen molar-refractivity contribution in [2.24, 2.45) is 16.5 Å². The van der Waals surface area contributed by atoms with Crippen LogP contribution in [0.3, 0.4) is 0 Å². The number of carbonyl (C=O) groups is 1. The summed E-state index contributed by atoms with van der Waals surface area (Å²) >= 11 is 1.40. The van der Waals surface area contributed by atoms with Crippen molar-refractivity contribution >= 4 is 22.9 Å². The highest BCUT2D eigenvalue weighted by atomic mass is 32.2. The number of hydrogen-bond acceptors (Lipinski definition) is 5. The Bertz CT molecular complexity index is 209. The molecular weight excluding hydrogens is 202 g/mol. The van der Waals surface area contributed by atoms with Gasteiger partial charge in [-0.25, -0.2) is 0 Å². The lowest BCUT2D eigenvalue weighted by atomic mass is 10.2. The minimum absolute atomic E-state index is 0.383. The first kappa shape index (κ1) is 13.2. The van der Waals surface area contributed by atoms with Crippen LogP contribution in [0.2, 0.25) is 0 Å². The van der Waals surface area contributed by atoms with E-state index in [0.29, 0.717) is 18.1 Å². The van der Waals surface area contributed by atoms with Gasteiger partial charge in [0.25, 0.3) is 0 Å². The fourth-order valence-corrected chi connectivity index (χ4v) is 1.05. The summed E-state index contributed by atoms with van der Waals surface area (Å²) in [5.74, 6) is -0.383. The Kier molecular flexibility index (Phi) is 7.23. The molecule has 14 heavy (non-hydrogen) atoms. The van der Waals surface area contributed by atoms with Gasteiger partial charge in [-0.15, -0.1) is 0 Å². The Morgan fingerprint density at radius 2 is 2.29 bits per heavy atom. The normalized spacial score (nSPS) is 13.8. The van der Waals surface area contributed by atoms with Gasteiger partial charge in [0.1, 0.15) is 6.04 Å². The van der Waals surface area contributed by atoms with Crippen LogP contribution >= 0.6 is 11.8 Å². The summed E-state index contributed by atoms with van der Waals surface area (Å²) in [6, 6.07) is -0.550. The van der Waals surface area contributed by atoms with Crippen molar-refractivity contribution in [1.82, 2.24) is 0 Å². The third-order valence-electron chi connectivity index (χ3n) is 1.65. The smallest absolute Gasteiger partial charge is 0.322 e. The van der Waals surface area contributed by atoms with Crippen LogP contribution in [-0.2, 0) is 9.53 Å². The van der Waals surface area contributed by atoms with E-state index in [4.69, 9.17) is 11.5 Å². The van der Waals surface area contributed by atoms with E-state index in [1.165, 1.54) is 18.9 Å². The first-order valence-corrected chi connectivity index (χ1v) is 5.51. The molecule has 0 rings (SSSR count). The van der Waals surface area contributed by atoms with E-state index in [9.17, 15) is 4.79 Å². The molecule has 0 aliphatic rings. The van der Waals surface area contributed by atoms with Gasteiger partial charge in [-0.05, 0) is 19.1 Å². The van der Waals surface area contributed by atoms with E-state index in [1.807, 2.05) is 6.26 Å². The fraction of sp³-hybridized carbons (Fsp3) is 0.750. The third kappa shape index (κ3) is 5.82. The van der Waals surface area contributed by atoms with Crippen molar-refractivity contribution in [1.29, 1.82) is 0 Å². The largest absolute Gasteiger partial charge is 0.468 e. The highest BCUT2D eigenvalue weighted by Crippen LogP contribution is 1.98. The molecule has 0 amide bonds. The maximum Gasteiger partial charge on any atom is 0.322 e. The maximum atomic E-state index is 10.9. The van der Waals surface area contributed by atoms with Crippen LogP contribution < -0.4 is 11.5 Å². The van der Waals surface area contributed by atoms with E-state index < -0.39 is 6.04 Å². The van der Waals surface area contributed by atoms with Crippen molar-refractivity contribution in [3.05, 3.63) is 0 Å². The number of aliphatic imine (C=N–C) groups is 1. The highest BCUT2D eigenvalue weighted by molar-refractivity contribution is 8.13. The Hall–Kier alpha value is -0.750. The molecule has 0 saturated heterocycles. The lowest BCUT2D eigenvalue weighted by molar-refractivity contribution is -0.142. The van der Waals surface area contributed by atoms with Crippen LogP contribution in [0.25, 0.3) is 0 Å². The second kappa shape index (κ2) is 7.64. The van der Waals surface area contributed by atoms with Crippen molar-refractivity contribution in [3.8, 4) is 0 Å². The zero-order valence-electron chi connectivity index (χ0n) is 8.53. The van der Waals surface area contributed by atoms with Gasteiger partial charge in [-0.3, -0.25) is 9.79 Å². The Labute approximate surface area is 88.3 Å². The van der Waals surface area contributed by atoms with Crippen molar-refractivity contribution < 1.29 is 9.53 Å². The highest BCUT2D eigenvalue weighted by Gasteiger charge is 2.12. The number of esters is 1. The van der Waals surface area contributed by atoms with E-state index in [0.717, 1.165) is 6.42 Å². The molecular formula is C8H17N3O2S. The number of amidine groups is 1. The second-order valence-corrected chi connectivity index (χ2v) is 3.52. The van der Waals surface area contributed by atoms with Gasteiger partial charge in [-0.1, -0.05) is 11.8 Å². The molecule has 0 aromatic rings. The summed E-state index contributed by atoms with van der Waals surface area (Å²) in [5.41, 5.74) is 11.0. The molecule has 0 aliphatic carbocycles. The molecule has 0 aliphatic heterocycles. The van der Waals surface area contributed by atoms with Crippen LogP contribution in [-0.4, -0.2) is 37.1 Å². The zero-order valence-corrected chi connectivity index (χ0v) is 9.34.